The van der Waals surface area contributed by atoms with E-state index in [2.05, 4.69) is 55.6 Å². The van der Waals surface area contributed by atoms with E-state index in [1.54, 1.807) is 7.11 Å². The molecule has 112 valence electrons. The van der Waals surface area contributed by atoms with Crippen molar-refractivity contribution in [2.45, 2.75) is 32.7 Å². The Hall–Kier alpha value is -1.80. The molecule has 0 fully saturated rings. The largest absolute Gasteiger partial charge is 0.497 e. The second kappa shape index (κ2) is 7.84. The minimum atomic E-state index is 0.415. The van der Waals surface area contributed by atoms with Gasteiger partial charge < -0.3 is 10.1 Å². The Kier molecular flexibility index (Phi) is 5.82. The number of hydrogen-bond donors (Lipinski definition) is 1. The summed E-state index contributed by atoms with van der Waals surface area (Å²) in [5, 5.41) is 3.61. The summed E-state index contributed by atoms with van der Waals surface area (Å²) in [5.74, 6) is 0.917. The Morgan fingerprint density at radius 3 is 2.38 bits per heavy atom. The van der Waals surface area contributed by atoms with Crippen LogP contribution in [0.1, 0.15) is 36.1 Å². The molecule has 0 aliphatic rings. The standard InChI is InChI=1S/C19H25NO/c1-4-20-19(18-8-6-5-7-15(18)2)14-11-16-9-12-17(21-3)13-10-16/h5-10,12-13,19-20H,4,11,14H2,1-3H3. The summed E-state index contributed by atoms with van der Waals surface area (Å²) in [6, 6.07) is 17.4. The minimum absolute atomic E-state index is 0.415. The van der Waals surface area contributed by atoms with Gasteiger partial charge in [0.25, 0.3) is 0 Å². The highest BCUT2D eigenvalue weighted by atomic mass is 16.5. The second-order valence-corrected chi connectivity index (χ2v) is 5.35. The summed E-state index contributed by atoms with van der Waals surface area (Å²) in [6.45, 7) is 5.34. The van der Waals surface area contributed by atoms with E-state index in [0.717, 1.165) is 25.1 Å². The highest BCUT2D eigenvalue weighted by molar-refractivity contribution is 5.30. The molecule has 2 nitrogen and oxygen atoms in total. The third-order valence-electron chi connectivity index (χ3n) is 3.90. The molecule has 0 aliphatic heterocycles. The lowest BCUT2D eigenvalue weighted by Gasteiger charge is -2.20. The zero-order valence-corrected chi connectivity index (χ0v) is 13.2. The van der Waals surface area contributed by atoms with Crippen molar-refractivity contribution >= 4 is 0 Å². The lowest BCUT2D eigenvalue weighted by atomic mass is 9.95. The molecule has 0 bridgehead atoms. The number of hydrogen-bond acceptors (Lipinski definition) is 2. The van der Waals surface area contributed by atoms with E-state index in [1.165, 1.54) is 16.7 Å². The van der Waals surface area contributed by atoms with Crippen molar-refractivity contribution in [3.05, 3.63) is 65.2 Å². The number of methoxy groups -OCH3 is 1. The summed E-state index contributed by atoms with van der Waals surface area (Å²) >= 11 is 0. The molecular weight excluding hydrogens is 258 g/mol. The van der Waals surface area contributed by atoms with Crippen LogP contribution < -0.4 is 10.1 Å². The molecule has 2 aromatic carbocycles. The first-order chi connectivity index (χ1) is 10.2. The van der Waals surface area contributed by atoms with Gasteiger partial charge >= 0.3 is 0 Å². The predicted octanol–water partition coefficient (Wildman–Crippen LogP) is 4.29. The van der Waals surface area contributed by atoms with Crippen molar-refractivity contribution < 1.29 is 4.74 Å². The van der Waals surface area contributed by atoms with Crippen LogP contribution in [0.5, 0.6) is 5.75 Å². The van der Waals surface area contributed by atoms with Gasteiger partial charge in [0.05, 0.1) is 7.11 Å². The molecule has 0 amide bonds. The van der Waals surface area contributed by atoms with Gasteiger partial charge in [0.2, 0.25) is 0 Å². The molecule has 1 atom stereocenters. The molecule has 1 N–H and O–H groups in total. The zero-order valence-electron chi connectivity index (χ0n) is 13.2. The van der Waals surface area contributed by atoms with Crippen molar-refractivity contribution in [1.82, 2.24) is 5.32 Å². The maximum atomic E-state index is 5.21. The van der Waals surface area contributed by atoms with E-state index in [-0.39, 0.29) is 0 Å². The third-order valence-corrected chi connectivity index (χ3v) is 3.90. The molecule has 1 unspecified atom stereocenters. The Bertz CT molecular complexity index is 548. The van der Waals surface area contributed by atoms with Crippen LogP contribution in [0.4, 0.5) is 0 Å². The molecule has 2 rings (SSSR count). The van der Waals surface area contributed by atoms with Gasteiger partial charge in [-0.25, -0.2) is 0 Å². The van der Waals surface area contributed by atoms with Gasteiger partial charge in [0.15, 0.2) is 0 Å². The van der Waals surface area contributed by atoms with Crippen molar-refractivity contribution in [2.75, 3.05) is 13.7 Å². The van der Waals surface area contributed by atoms with Gasteiger partial charge in [-0.1, -0.05) is 43.3 Å². The van der Waals surface area contributed by atoms with Crippen LogP contribution in [-0.2, 0) is 6.42 Å². The van der Waals surface area contributed by atoms with Gasteiger partial charge in [-0.05, 0) is 55.1 Å². The first-order valence-corrected chi connectivity index (χ1v) is 7.66. The molecule has 0 aromatic heterocycles. The molecule has 0 saturated carbocycles. The van der Waals surface area contributed by atoms with E-state index in [9.17, 15) is 0 Å². The Morgan fingerprint density at radius 1 is 1.05 bits per heavy atom. The van der Waals surface area contributed by atoms with Crippen molar-refractivity contribution in [2.24, 2.45) is 0 Å². The average molecular weight is 283 g/mol. The van der Waals surface area contributed by atoms with Crippen molar-refractivity contribution in [3.63, 3.8) is 0 Å². The molecule has 0 aliphatic carbocycles. The first-order valence-electron chi connectivity index (χ1n) is 7.66. The van der Waals surface area contributed by atoms with E-state index >= 15 is 0 Å². The molecule has 0 radical (unpaired) electrons. The zero-order chi connectivity index (χ0) is 15.1. The molecule has 0 saturated heterocycles. The van der Waals surface area contributed by atoms with Crippen LogP contribution in [0.2, 0.25) is 0 Å². The van der Waals surface area contributed by atoms with Crippen LogP contribution in [0.15, 0.2) is 48.5 Å². The first kappa shape index (κ1) is 15.6. The van der Waals surface area contributed by atoms with Gasteiger partial charge in [-0.3, -0.25) is 0 Å². The van der Waals surface area contributed by atoms with E-state index in [4.69, 9.17) is 4.74 Å². The summed E-state index contributed by atoms with van der Waals surface area (Å²) in [5.41, 5.74) is 4.12. The highest BCUT2D eigenvalue weighted by Gasteiger charge is 2.12. The second-order valence-electron chi connectivity index (χ2n) is 5.35. The molecule has 0 heterocycles. The fraction of sp³-hybridized carbons (Fsp3) is 0.368. The topological polar surface area (TPSA) is 21.3 Å². The maximum absolute atomic E-state index is 5.21. The van der Waals surface area contributed by atoms with Crippen LogP contribution >= 0.6 is 0 Å². The lowest BCUT2D eigenvalue weighted by molar-refractivity contribution is 0.414. The van der Waals surface area contributed by atoms with Gasteiger partial charge in [-0.15, -0.1) is 0 Å². The molecule has 21 heavy (non-hydrogen) atoms. The Morgan fingerprint density at radius 2 is 1.76 bits per heavy atom. The Balaban J connectivity index is 2.04. The molecule has 2 heteroatoms. The van der Waals surface area contributed by atoms with E-state index in [0.29, 0.717) is 6.04 Å². The normalized spacial score (nSPS) is 12.1. The molecule has 2 aromatic rings. The molecular formula is C19H25NO. The van der Waals surface area contributed by atoms with Gasteiger partial charge in [-0.2, -0.15) is 0 Å². The number of ether oxygens (including phenoxy) is 1. The van der Waals surface area contributed by atoms with Crippen LogP contribution in [0.3, 0.4) is 0 Å². The fourth-order valence-corrected chi connectivity index (χ4v) is 2.69. The highest BCUT2D eigenvalue weighted by Crippen LogP contribution is 2.23. The maximum Gasteiger partial charge on any atom is 0.118 e. The van der Waals surface area contributed by atoms with Crippen LogP contribution in [-0.4, -0.2) is 13.7 Å². The third kappa shape index (κ3) is 4.33. The Labute approximate surface area is 128 Å². The number of benzene rings is 2. The summed E-state index contributed by atoms with van der Waals surface area (Å²) < 4.78 is 5.21. The minimum Gasteiger partial charge on any atom is -0.497 e. The van der Waals surface area contributed by atoms with E-state index < -0.39 is 0 Å². The smallest absolute Gasteiger partial charge is 0.118 e. The average Bonchev–Trinajstić information content (AvgIpc) is 2.53. The van der Waals surface area contributed by atoms with Gasteiger partial charge in [0, 0.05) is 6.04 Å². The summed E-state index contributed by atoms with van der Waals surface area (Å²) in [7, 11) is 1.70. The summed E-state index contributed by atoms with van der Waals surface area (Å²) in [6.07, 6.45) is 2.17. The summed E-state index contributed by atoms with van der Waals surface area (Å²) in [4.78, 5) is 0. The van der Waals surface area contributed by atoms with Crippen LogP contribution in [0.25, 0.3) is 0 Å². The lowest BCUT2D eigenvalue weighted by Crippen LogP contribution is -2.22. The van der Waals surface area contributed by atoms with Crippen molar-refractivity contribution in [1.29, 1.82) is 0 Å². The SMILES string of the molecule is CCNC(CCc1ccc(OC)cc1)c1ccccc1C. The predicted molar refractivity (Wildman–Crippen MR) is 88.9 cm³/mol. The number of aryl methyl sites for hydroxylation is 2. The molecule has 0 spiro atoms. The van der Waals surface area contributed by atoms with Crippen LogP contribution in [0, 0.1) is 6.92 Å². The van der Waals surface area contributed by atoms with Crippen molar-refractivity contribution in [3.8, 4) is 5.75 Å². The quantitative estimate of drug-likeness (QED) is 0.818. The van der Waals surface area contributed by atoms with E-state index in [1.807, 2.05) is 12.1 Å². The fourth-order valence-electron chi connectivity index (χ4n) is 2.69. The monoisotopic (exact) mass is 283 g/mol. The number of nitrogens with one attached hydrogen (secondary N) is 1. The van der Waals surface area contributed by atoms with Gasteiger partial charge in [0.1, 0.15) is 5.75 Å². The number of rotatable bonds is 7.